The van der Waals surface area contributed by atoms with Crippen LogP contribution in [-0.4, -0.2) is 47.4 Å². The second kappa shape index (κ2) is 10.1. The Labute approximate surface area is 205 Å². The van der Waals surface area contributed by atoms with Crippen LogP contribution in [-0.2, 0) is 14.3 Å². The molecule has 0 heterocycles. The largest absolute Gasteiger partial charge is 0.465 e. The first kappa shape index (κ1) is 25.9. The van der Waals surface area contributed by atoms with Gasteiger partial charge in [-0.15, -0.1) is 0 Å². The Kier molecular flexibility index (Phi) is 7.69. The van der Waals surface area contributed by atoms with Crippen LogP contribution in [0.4, 0.5) is 0 Å². The van der Waals surface area contributed by atoms with E-state index < -0.39 is 5.97 Å². The maximum Gasteiger partial charge on any atom is 0.325 e. The number of carbonyl (C=O) groups is 2. The molecule has 4 aliphatic carbocycles. The third kappa shape index (κ3) is 4.54. The predicted octanol–water partition coefficient (Wildman–Crippen LogP) is 4.07. The molecule has 4 saturated carbocycles. The molecule has 0 aromatic rings. The van der Waals surface area contributed by atoms with E-state index in [9.17, 15) is 19.8 Å². The highest BCUT2D eigenvalue weighted by atomic mass is 16.5. The minimum Gasteiger partial charge on any atom is -0.465 e. The highest BCUT2D eigenvalue weighted by Gasteiger charge is 2.63. The number of nitrogens with one attached hydrogen (secondary N) is 1. The maximum absolute atomic E-state index is 12.3. The Morgan fingerprint density at radius 3 is 2.56 bits per heavy atom. The predicted molar refractivity (Wildman–Crippen MR) is 131 cm³/mol. The van der Waals surface area contributed by atoms with E-state index in [2.05, 4.69) is 26.1 Å². The van der Waals surface area contributed by atoms with Crippen molar-refractivity contribution in [3.8, 4) is 0 Å². The van der Waals surface area contributed by atoms with Gasteiger partial charge in [-0.05, 0) is 111 Å². The third-order valence-corrected chi connectivity index (χ3v) is 11.1. The molecular formula is C28H47NO5. The second-order valence-corrected chi connectivity index (χ2v) is 12.5. The van der Waals surface area contributed by atoms with Crippen LogP contribution in [0.15, 0.2) is 0 Å². The molecular weight excluding hydrogens is 430 g/mol. The van der Waals surface area contributed by atoms with Crippen LogP contribution in [0.25, 0.3) is 0 Å². The van der Waals surface area contributed by atoms with Gasteiger partial charge in [-0.3, -0.25) is 9.59 Å². The van der Waals surface area contributed by atoms with E-state index in [1.54, 1.807) is 6.92 Å². The van der Waals surface area contributed by atoms with Crippen molar-refractivity contribution in [3.05, 3.63) is 0 Å². The molecule has 0 spiro atoms. The van der Waals surface area contributed by atoms with Gasteiger partial charge in [-0.1, -0.05) is 20.8 Å². The number of amides is 1. The fourth-order valence-electron chi connectivity index (χ4n) is 9.19. The fourth-order valence-corrected chi connectivity index (χ4v) is 9.19. The van der Waals surface area contributed by atoms with Gasteiger partial charge in [0.2, 0.25) is 5.91 Å². The molecule has 10 atom stereocenters. The van der Waals surface area contributed by atoms with Crippen molar-refractivity contribution in [1.82, 2.24) is 5.32 Å². The lowest BCUT2D eigenvalue weighted by Crippen LogP contribution is -2.58. The zero-order valence-corrected chi connectivity index (χ0v) is 21.7. The van der Waals surface area contributed by atoms with E-state index in [4.69, 9.17) is 4.74 Å². The van der Waals surface area contributed by atoms with Crippen LogP contribution >= 0.6 is 0 Å². The maximum atomic E-state index is 12.3. The van der Waals surface area contributed by atoms with Crippen LogP contribution in [0.2, 0.25) is 0 Å². The molecule has 0 radical (unpaired) electrons. The second-order valence-electron chi connectivity index (χ2n) is 12.5. The van der Waals surface area contributed by atoms with Gasteiger partial charge < -0.3 is 20.3 Å². The van der Waals surface area contributed by atoms with E-state index in [-0.39, 0.29) is 35.5 Å². The van der Waals surface area contributed by atoms with Gasteiger partial charge in [0, 0.05) is 6.42 Å². The number of hydrogen-bond donors (Lipinski definition) is 3. The first-order valence-electron chi connectivity index (χ1n) is 13.9. The molecule has 0 aliphatic heterocycles. The van der Waals surface area contributed by atoms with Gasteiger partial charge in [0.15, 0.2) is 0 Å². The number of hydrogen-bond acceptors (Lipinski definition) is 5. The van der Waals surface area contributed by atoms with Gasteiger partial charge in [-0.2, -0.15) is 0 Å². The van der Waals surface area contributed by atoms with Crippen LogP contribution in [0.1, 0.15) is 91.9 Å². The molecule has 1 amide bonds. The summed E-state index contributed by atoms with van der Waals surface area (Å²) in [7, 11) is 0. The van der Waals surface area contributed by atoms with Crippen molar-refractivity contribution < 1.29 is 24.5 Å². The SMILES string of the molecule is CCOC(=O)CNC(=O)CCC(C)C1CCC2C3CCC4CC(O)CCC4(C)C3CC(O)C12C. The molecule has 6 heteroatoms. The van der Waals surface area contributed by atoms with Crippen molar-refractivity contribution in [2.45, 2.75) is 104 Å². The lowest BCUT2D eigenvalue weighted by molar-refractivity contribution is -0.175. The third-order valence-electron chi connectivity index (χ3n) is 11.1. The van der Waals surface area contributed by atoms with Gasteiger partial charge in [-0.25, -0.2) is 0 Å². The molecule has 194 valence electrons. The van der Waals surface area contributed by atoms with Crippen LogP contribution in [0, 0.1) is 46.3 Å². The van der Waals surface area contributed by atoms with Crippen molar-refractivity contribution in [2.75, 3.05) is 13.2 Å². The van der Waals surface area contributed by atoms with Crippen LogP contribution in [0.5, 0.6) is 0 Å². The Morgan fingerprint density at radius 2 is 1.82 bits per heavy atom. The molecule has 4 fully saturated rings. The number of ether oxygens (including phenoxy) is 1. The summed E-state index contributed by atoms with van der Waals surface area (Å²) in [5, 5.41) is 24.6. The summed E-state index contributed by atoms with van der Waals surface area (Å²) in [6, 6.07) is 0. The van der Waals surface area contributed by atoms with E-state index in [1.165, 1.54) is 19.3 Å². The molecule has 6 nitrogen and oxygen atoms in total. The molecule has 10 unspecified atom stereocenters. The molecule has 0 saturated heterocycles. The Hall–Kier alpha value is -1.14. The number of fused-ring (bicyclic) bond motifs is 5. The molecule has 4 aliphatic rings. The normalized spacial score (nSPS) is 44.4. The highest BCUT2D eigenvalue weighted by Crippen LogP contribution is 2.68. The van der Waals surface area contributed by atoms with Crippen molar-refractivity contribution >= 4 is 11.9 Å². The summed E-state index contributed by atoms with van der Waals surface area (Å²) in [4.78, 5) is 23.8. The lowest BCUT2D eigenvalue weighted by Gasteiger charge is -2.62. The van der Waals surface area contributed by atoms with E-state index in [0.717, 1.165) is 38.5 Å². The van der Waals surface area contributed by atoms with Crippen molar-refractivity contribution in [2.24, 2.45) is 46.3 Å². The van der Waals surface area contributed by atoms with Gasteiger partial charge >= 0.3 is 5.97 Å². The van der Waals surface area contributed by atoms with Crippen LogP contribution < -0.4 is 5.32 Å². The molecule has 3 N–H and O–H groups in total. The van der Waals surface area contributed by atoms with Crippen molar-refractivity contribution in [1.29, 1.82) is 0 Å². The van der Waals surface area contributed by atoms with E-state index in [0.29, 0.717) is 48.5 Å². The number of carbonyl (C=O) groups excluding carboxylic acids is 2. The Morgan fingerprint density at radius 1 is 1.06 bits per heavy atom. The monoisotopic (exact) mass is 477 g/mol. The van der Waals surface area contributed by atoms with E-state index >= 15 is 0 Å². The summed E-state index contributed by atoms with van der Waals surface area (Å²) in [6.45, 7) is 9.05. The Bertz CT molecular complexity index is 757. The summed E-state index contributed by atoms with van der Waals surface area (Å²) in [5.74, 6) is 2.66. The van der Waals surface area contributed by atoms with Crippen molar-refractivity contribution in [3.63, 3.8) is 0 Å². The lowest BCUT2D eigenvalue weighted by atomic mass is 9.43. The summed E-state index contributed by atoms with van der Waals surface area (Å²) < 4.78 is 4.88. The zero-order chi connectivity index (χ0) is 24.7. The topological polar surface area (TPSA) is 95.9 Å². The quantitative estimate of drug-likeness (QED) is 0.480. The first-order chi connectivity index (χ1) is 16.1. The highest BCUT2D eigenvalue weighted by molar-refractivity contribution is 5.81. The van der Waals surface area contributed by atoms with Gasteiger partial charge in [0.05, 0.1) is 18.8 Å². The number of aliphatic hydroxyl groups is 2. The van der Waals surface area contributed by atoms with Gasteiger partial charge in [0.25, 0.3) is 0 Å². The number of aliphatic hydroxyl groups excluding tert-OH is 2. The Balaban J connectivity index is 1.39. The molecule has 0 aromatic heterocycles. The number of rotatable bonds is 7. The fraction of sp³-hybridized carbons (Fsp3) is 0.929. The molecule has 0 aromatic carbocycles. The summed E-state index contributed by atoms with van der Waals surface area (Å²) >= 11 is 0. The zero-order valence-electron chi connectivity index (χ0n) is 21.7. The smallest absolute Gasteiger partial charge is 0.325 e. The summed E-state index contributed by atoms with van der Waals surface area (Å²) in [5.41, 5.74) is 0.171. The minimum atomic E-state index is -0.397. The van der Waals surface area contributed by atoms with E-state index in [1.807, 2.05) is 0 Å². The molecule has 0 bridgehead atoms. The van der Waals surface area contributed by atoms with Crippen LogP contribution in [0.3, 0.4) is 0 Å². The number of esters is 1. The summed E-state index contributed by atoms with van der Waals surface area (Å²) in [6.07, 6.45) is 9.35. The minimum absolute atomic E-state index is 0.0666. The first-order valence-corrected chi connectivity index (χ1v) is 13.9. The standard InChI is InChI=1S/C28H47NO5/c1-5-34-26(33)16-29-25(32)11-6-17(2)21-9-10-22-20-8-7-18-14-19(30)12-13-27(18,3)23(20)15-24(31)28(21,22)4/h17-24,30-31H,5-16H2,1-4H3,(H,29,32). The van der Waals surface area contributed by atoms with Gasteiger partial charge in [0.1, 0.15) is 6.54 Å². The average molecular weight is 478 g/mol. The molecule has 4 rings (SSSR count). The molecule has 34 heavy (non-hydrogen) atoms. The average Bonchev–Trinajstić information content (AvgIpc) is 3.16.